The van der Waals surface area contributed by atoms with E-state index in [1.54, 1.807) is 0 Å². The number of ether oxygens (including phenoxy) is 2. The summed E-state index contributed by atoms with van der Waals surface area (Å²) < 4.78 is 9.80. The average molecular weight is 520 g/mol. The van der Waals surface area contributed by atoms with Crippen molar-refractivity contribution >= 4 is 47.1 Å². The fraction of sp³-hybridized carbons (Fsp3) is 0.0769. The summed E-state index contributed by atoms with van der Waals surface area (Å²) in [7, 11) is 0. The molecule has 4 N–H and O–H groups in total. The van der Waals surface area contributed by atoms with Gasteiger partial charge in [-0.2, -0.15) is 0 Å². The Kier molecular flexibility index (Phi) is 8.18. The monoisotopic (exact) mass is 520 g/mol. The van der Waals surface area contributed by atoms with Crippen molar-refractivity contribution in [2.45, 2.75) is 13.8 Å². The van der Waals surface area contributed by atoms with Crippen molar-refractivity contribution in [3.63, 3.8) is 0 Å². The minimum atomic E-state index is -1.57. The topological polar surface area (TPSA) is 185 Å². The molecule has 0 saturated carbocycles. The molecule has 194 valence electrons. The second-order valence-corrected chi connectivity index (χ2v) is 7.70. The molecule has 38 heavy (non-hydrogen) atoms. The lowest BCUT2D eigenvalue weighted by molar-refractivity contribution is -0.132. The Morgan fingerprint density at radius 1 is 0.553 bits per heavy atom. The number of rotatable bonds is 8. The maximum absolute atomic E-state index is 12.9. The molecule has 3 aromatic carbocycles. The van der Waals surface area contributed by atoms with Crippen LogP contribution in [-0.4, -0.2) is 45.9 Å². The number of carbonyl (C=O) groups is 6. The van der Waals surface area contributed by atoms with Gasteiger partial charge in [-0.25, -0.2) is 9.59 Å². The Morgan fingerprint density at radius 2 is 0.868 bits per heavy atom. The van der Waals surface area contributed by atoms with E-state index in [0.717, 1.165) is 12.1 Å². The molecule has 2 amide bonds. The number of benzene rings is 3. The Hall–Kier alpha value is -5.52. The first-order valence-corrected chi connectivity index (χ1v) is 10.8. The number of amides is 2. The minimum absolute atomic E-state index is 0.207. The summed E-state index contributed by atoms with van der Waals surface area (Å²) in [5.41, 5.74) is -1.81. The number of aromatic carboxylic acids is 2. The fourth-order valence-electron chi connectivity index (χ4n) is 3.27. The molecule has 0 saturated heterocycles. The first-order valence-electron chi connectivity index (χ1n) is 10.8. The number of carbonyl (C=O) groups excluding carboxylic acids is 4. The third-order valence-electron chi connectivity index (χ3n) is 4.86. The molecular formula is C26H20N2O10. The minimum Gasteiger partial charge on any atom is -0.478 e. The summed E-state index contributed by atoms with van der Waals surface area (Å²) in [6, 6.07) is 12.7. The van der Waals surface area contributed by atoms with Gasteiger partial charge in [0, 0.05) is 25.2 Å². The van der Waals surface area contributed by atoms with Crippen LogP contribution in [0.2, 0.25) is 0 Å². The smallest absolute Gasteiger partial charge is 0.336 e. The molecule has 0 radical (unpaired) electrons. The van der Waals surface area contributed by atoms with Crippen LogP contribution < -0.4 is 20.1 Å². The number of hydrogen-bond acceptors (Lipinski definition) is 8. The van der Waals surface area contributed by atoms with Gasteiger partial charge in [-0.15, -0.1) is 0 Å². The van der Waals surface area contributed by atoms with E-state index in [-0.39, 0.29) is 22.9 Å². The summed E-state index contributed by atoms with van der Waals surface area (Å²) in [6.07, 6.45) is 0. The summed E-state index contributed by atoms with van der Waals surface area (Å²) in [5, 5.41) is 24.2. The van der Waals surface area contributed by atoms with Gasteiger partial charge in [-0.05, 0) is 60.7 Å². The maximum Gasteiger partial charge on any atom is 0.336 e. The number of anilines is 2. The lowest BCUT2D eigenvalue weighted by atomic mass is 9.96. The number of carboxylic acids is 2. The quantitative estimate of drug-likeness (QED) is 0.253. The molecule has 0 heterocycles. The lowest BCUT2D eigenvalue weighted by Gasteiger charge is -2.13. The zero-order valence-corrected chi connectivity index (χ0v) is 19.9. The molecule has 3 aromatic rings. The van der Waals surface area contributed by atoms with Gasteiger partial charge >= 0.3 is 23.9 Å². The van der Waals surface area contributed by atoms with Gasteiger partial charge in [0.25, 0.3) is 11.8 Å². The predicted octanol–water partition coefficient (Wildman–Crippen LogP) is 3.44. The molecule has 0 fully saturated rings. The van der Waals surface area contributed by atoms with Crippen molar-refractivity contribution in [2.24, 2.45) is 0 Å². The zero-order chi connectivity index (χ0) is 28.0. The maximum atomic E-state index is 12.9. The van der Waals surface area contributed by atoms with E-state index in [0.29, 0.717) is 0 Å². The van der Waals surface area contributed by atoms with E-state index in [4.69, 9.17) is 9.47 Å². The fourth-order valence-corrected chi connectivity index (χ4v) is 3.27. The van der Waals surface area contributed by atoms with Crippen molar-refractivity contribution in [3.05, 3.63) is 82.9 Å². The summed E-state index contributed by atoms with van der Waals surface area (Å²) in [4.78, 5) is 71.6. The van der Waals surface area contributed by atoms with E-state index in [2.05, 4.69) is 10.6 Å². The van der Waals surface area contributed by atoms with E-state index >= 15 is 0 Å². The first kappa shape index (κ1) is 27.1. The van der Waals surface area contributed by atoms with Gasteiger partial charge in [-0.3, -0.25) is 19.2 Å². The number of carboxylic acid groups (broad SMARTS) is 2. The zero-order valence-electron chi connectivity index (χ0n) is 19.9. The van der Waals surface area contributed by atoms with Crippen molar-refractivity contribution in [2.75, 3.05) is 10.6 Å². The highest BCUT2D eigenvalue weighted by molar-refractivity contribution is 6.16. The molecule has 0 aromatic heterocycles. The number of nitrogens with one attached hydrogen (secondary N) is 2. The van der Waals surface area contributed by atoms with Gasteiger partial charge in [0.05, 0.1) is 22.3 Å². The average Bonchev–Trinajstić information content (AvgIpc) is 2.84. The molecule has 0 atom stereocenters. The Bertz CT molecular complexity index is 1330. The lowest BCUT2D eigenvalue weighted by Crippen LogP contribution is -2.22. The van der Waals surface area contributed by atoms with E-state index in [1.807, 2.05) is 0 Å². The second-order valence-electron chi connectivity index (χ2n) is 7.70. The summed E-state index contributed by atoms with van der Waals surface area (Å²) >= 11 is 0. The number of esters is 2. The van der Waals surface area contributed by atoms with Crippen LogP contribution in [-0.2, 0) is 9.59 Å². The Balaban J connectivity index is 1.91. The van der Waals surface area contributed by atoms with Crippen molar-refractivity contribution in [1.29, 1.82) is 0 Å². The Labute approximate surface area is 214 Å². The molecule has 0 aliphatic carbocycles. The molecule has 0 aliphatic heterocycles. The van der Waals surface area contributed by atoms with E-state index < -0.39 is 57.9 Å². The van der Waals surface area contributed by atoms with Crippen LogP contribution in [0.1, 0.15) is 55.3 Å². The first-order chi connectivity index (χ1) is 17.9. The van der Waals surface area contributed by atoms with Crippen molar-refractivity contribution in [1.82, 2.24) is 0 Å². The number of hydrogen-bond donors (Lipinski definition) is 4. The second kappa shape index (κ2) is 11.5. The molecule has 3 rings (SSSR count). The van der Waals surface area contributed by atoms with Crippen LogP contribution >= 0.6 is 0 Å². The van der Waals surface area contributed by atoms with Crippen LogP contribution in [0.25, 0.3) is 0 Å². The molecule has 12 nitrogen and oxygen atoms in total. The molecule has 0 spiro atoms. The van der Waals surface area contributed by atoms with Gasteiger partial charge in [0.2, 0.25) is 0 Å². The molecule has 0 aliphatic rings. The van der Waals surface area contributed by atoms with Gasteiger partial charge < -0.3 is 30.3 Å². The standard InChI is InChI=1S/C26H20N2O10/c1-13(29)37-17-7-3-15(4-8-17)27-23(31)19-11-22(26(35)36)20(12-21(19)25(33)34)24(32)28-16-5-9-18(10-6-16)38-14(2)30/h3-12H,1-2H3,(H,27,31)(H,28,32)(H,33,34)(H,35,36). The van der Waals surface area contributed by atoms with Crippen molar-refractivity contribution < 1.29 is 48.5 Å². The van der Waals surface area contributed by atoms with E-state index in [9.17, 15) is 39.0 Å². The largest absolute Gasteiger partial charge is 0.478 e. The normalized spacial score (nSPS) is 10.2. The summed E-state index contributed by atoms with van der Waals surface area (Å²) in [6.45, 7) is 2.43. The van der Waals surface area contributed by atoms with E-state index in [1.165, 1.54) is 62.4 Å². The highest BCUT2D eigenvalue weighted by Crippen LogP contribution is 2.23. The highest BCUT2D eigenvalue weighted by atomic mass is 16.5. The SMILES string of the molecule is CC(=O)Oc1ccc(NC(=O)c2cc(C(=O)O)c(C(=O)Nc3ccc(OC(C)=O)cc3)cc2C(=O)O)cc1. The van der Waals surface area contributed by atoms with Crippen LogP contribution in [0.5, 0.6) is 11.5 Å². The van der Waals surface area contributed by atoms with Crippen LogP contribution in [0.4, 0.5) is 11.4 Å². The third-order valence-corrected chi connectivity index (χ3v) is 4.86. The van der Waals surface area contributed by atoms with Crippen LogP contribution in [0.3, 0.4) is 0 Å². The summed E-state index contributed by atoms with van der Waals surface area (Å²) in [5.74, 6) is -5.70. The Morgan fingerprint density at radius 3 is 1.13 bits per heavy atom. The van der Waals surface area contributed by atoms with Crippen LogP contribution in [0, 0.1) is 0 Å². The molecule has 0 bridgehead atoms. The molecule has 12 heteroatoms. The third kappa shape index (κ3) is 6.79. The highest BCUT2D eigenvalue weighted by Gasteiger charge is 2.26. The molecular weight excluding hydrogens is 500 g/mol. The molecule has 0 unspecified atom stereocenters. The van der Waals surface area contributed by atoms with Crippen molar-refractivity contribution in [3.8, 4) is 11.5 Å². The van der Waals surface area contributed by atoms with Gasteiger partial charge in [-0.1, -0.05) is 0 Å². The van der Waals surface area contributed by atoms with Gasteiger partial charge in [0.1, 0.15) is 11.5 Å². The van der Waals surface area contributed by atoms with Gasteiger partial charge in [0.15, 0.2) is 0 Å². The van der Waals surface area contributed by atoms with Crippen LogP contribution in [0.15, 0.2) is 60.7 Å². The predicted molar refractivity (Wildman–Crippen MR) is 132 cm³/mol.